The summed E-state index contributed by atoms with van der Waals surface area (Å²) < 4.78 is 12.5. The minimum atomic E-state index is -0.919. The van der Waals surface area contributed by atoms with Gasteiger partial charge in [-0.3, -0.25) is 0 Å². The molecule has 1 aromatic heterocycles. The van der Waals surface area contributed by atoms with E-state index in [2.05, 4.69) is 4.98 Å². The Labute approximate surface area is 62.9 Å². The van der Waals surface area contributed by atoms with Crippen LogP contribution in [-0.2, 0) is 6.54 Å². The summed E-state index contributed by atoms with van der Waals surface area (Å²) in [6.45, 7) is 1.89. The van der Waals surface area contributed by atoms with Crippen molar-refractivity contribution in [1.82, 2.24) is 4.98 Å². The molecule has 56 valence electrons. The fourth-order valence-corrected chi connectivity index (χ4v) is 1.33. The maximum absolute atomic E-state index is 12.5. The molecule has 0 aliphatic rings. The Kier molecular flexibility index (Phi) is 2.34. The highest BCUT2D eigenvalue weighted by molar-refractivity contribution is 7.11. The molecule has 2 N–H and O–H groups in total. The van der Waals surface area contributed by atoms with Crippen molar-refractivity contribution in [3.05, 3.63) is 16.1 Å². The van der Waals surface area contributed by atoms with Crippen LogP contribution in [0, 0.1) is 0 Å². The first-order chi connectivity index (χ1) is 4.74. The van der Waals surface area contributed by atoms with Crippen molar-refractivity contribution >= 4 is 11.3 Å². The number of halogens is 1. The Morgan fingerprint density at radius 3 is 2.90 bits per heavy atom. The van der Waals surface area contributed by atoms with Crippen LogP contribution in [0.5, 0.6) is 0 Å². The highest BCUT2D eigenvalue weighted by Gasteiger charge is 2.06. The molecular formula is C6H9FN2S. The van der Waals surface area contributed by atoms with Gasteiger partial charge in [0.15, 0.2) is 0 Å². The largest absolute Gasteiger partial charge is 0.325 e. The van der Waals surface area contributed by atoms with Gasteiger partial charge in [-0.1, -0.05) is 0 Å². The van der Waals surface area contributed by atoms with Crippen LogP contribution in [-0.4, -0.2) is 4.98 Å². The SMILES string of the molecule is CC(F)c1cnc(CN)s1. The van der Waals surface area contributed by atoms with Crippen molar-refractivity contribution in [3.8, 4) is 0 Å². The zero-order chi connectivity index (χ0) is 7.56. The van der Waals surface area contributed by atoms with Gasteiger partial charge in [-0.2, -0.15) is 0 Å². The van der Waals surface area contributed by atoms with Crippen molar-refractivity contribution in [1.29, 1.82) is 0 Å². The summed E-state index contributed by atoms with van der Waals surface area (Å²) in [5, 5.41) is 0.791. The van der Waals surface area contributed by atoms with Gasteiger partial charge in [0.05, 0.1) is 4.88 Å². The lowest BCUT2D eigenvalue weighted by molar-refractivity contribution is 0.380. The number of alkyl halides is 1. The van der Waals surface area contributed by atoms with Crippen LogP contribution in [0.3, 0.4) is 0 Å². The molecule has 0 saturated carbocycles. The fourth-order valence-electron chi connectivity index (χ4n) is 0.603. The molecule has 0 aromatic carbocycles. The van der Waals surface area contributed by atoms with Gasteiger partial charge >= 0.3 is 0 Å². The van der Waals surface area contributed by atoms with Crippen LogP contribution in [0.4, 0.5) is 4.39 Å². The van der Waals surface area contributed by atoms with Gasteiger partial charge in [0.25, 0.3) is 0 Å². The number of nitrogens with zero attached hydrogens (tertiary/aromatic N) is 1. The number of hydrogen-bond donors (Lipinski definition) is 1. The van der Waals surface area contributed by atoms with Crippen molar-refractivity contribution in [2.24, 2.45) is 5.73 Å². The first-order valence-electron chi connectivity index (χ1n) is 3.02. The molecule has 0 amide bonds. The molecule has 1 rings (SSSR count). The summed E-state index contributed by atoms with van der Waals surface area (Å²) >= 11 is 1.33. The van der Waals surface area contributed by atoms with E-state index in [-0.39, 0.29) is 0 Å². The van der Waals surface area contributed by atoms with E-state index in [0.717, 1.165) is 5.01 Å². The van der Waals surface area contributed by atoms with E-state index in [9.17, 15) is 4.39 Å². The van der Waals surface area contributed by atoms with Gasteiger partial charge in [0.2, 0.25) is 0 Å². The molecule has 2 nitrogen and oxygen atoms in total. The standard InChI is InChI=1S/C6H9FN2S/c1-4(7)5-3-9-6(2-8)10-5/h3-4H,2,8H2,1H3. The first kappa shape index (κ1) is 7.63. The molecule has 0 saturated heterocycles. The minimum absolute atomic E-state index is 0.400. The van der Waals surface area contributed by atoms with Gasteiger partial charge in [0, 0.05) is 12.7 Å². The second kappa shape index (κ2) is 3.07. The first-order valence-corrected chi connectivity index (χ1v) is 3.84. The monoisotopic (exact) mass is 160 g/mol. The third-order valence-corrected chi connectivity index (χ3v) is 2.31. The van der Waals surface area contributed by atoms with E-state index < -0.39 is 6.17 Å². The number of aromatic nitrogens is 1. The molecule has 0 radical (unpaired) electrons. The maximum Gasteiger partial charge on any atom is 0.133 e. The van der Waals surface area contributed by atoms with Crippen LogP contribution in [0.2, 0.25) is 0 Å². The summed E-state index contributed by atoms with van der Waals surface area (Å²) in [6.07, 6.45) is 0.621. The average molecular weight is 160 g/mol. The number of hydrogen-bond acceptors (Lipinski definition) is 3. The van der Waals surface area contributed by atoms with Gasteiger partial charge in [-0.15, -0.1) is 11.3 Å². The highest BCUT2D eigenvalue weighted by atomic mass is 32.1. The maximum atomic E-state index is 12.5. The van der Waals surface area contributed by atoms with Crippen LogP contribution < -0.4 is 5.73 Å². The summed E-state index contributed by atoms with van der Waals surface area (Å²) in [5.74, 6) is 0. The van der Waals surface area contributed by atoms with Crippen LogP contribution >= 0.6 is 11.3 Å². The van der Waals surface area contributed by atoms with E-state index in [4.69, 9.17) is 5.73 Å². The molecule has 0 fully saturated rings. The molecule has 0 bridgehead atoms. The molecule has 1 unspecified atom stereocenters. The topological polar surface area (TPSA) is 38.9 Å². The van der Waals surface area contributed by atoms with Crippen LogP contribution in [0.25, 0.3) is 0 Å². The Hall–Kier alpha value is -0.480. The molecule has 1 atom stereocenters. The van der Waals surface area contributed by atoms with E-state index >= 15 is 0 Å². The van der Waals surface area contributed by atoms with E-state index in [0.29, 0.717) is 11.4 Å². The third-order valence-electron chi connectivity index (χ3n) is 1.14. The Bertz CT molecular complexity index is 209. The zero-order valence-electron chi connectivity index (χ0n) is 5.67. The average Bonchev–Trinajstić information content (AvgIpc) is 2.34. The molecule has 0 aliphatic carbocycles. The van der Waals surface area contributed by atoms with Gasteiger partial charge in [-0.05, 0) is 6.92 Å². The van der Waals surface area contributed by atoms with Crippen LogP contribution in [0.1, 0.15) is 23.0 Å². The molecule has 0 spiro atoms. The fraction of sp³-hybridized carbons (Fsp3) is 0.500. The lowest BCUT2D eigenvalue weighted by Crippen LogP contribution is -1.93. The van der Waals surface area contributed by atoms with Crippen molar-refractivity contribution in [2.75, 3.05) is 0 Å². The van der Waals surface area contributed by atoms with Crippen molar-refractivity contribution in [3.63, 3.8) is 0 Å². The normalized spacial score (nSPS) is 13.5. The lowest BCUT2D eigenvalue weighted by atomic mass is 10.4. The summed E-state index contributed by atoms with van der Waals surface area (Å²) in [4.78, 5) is 4.56. The van der Waals surface area contributed by atoms with Gasteiger partial charge in [0.1, 0.15) is 11.2 Å². The van der Waals surface area contributed by atoms with Gasteiger partial charge in [-0.25, -0.2) is 9.37 Å². The number of rotatable bonds is 2. The van der Waals surface area contributed by atoms with E-state index in [1.165, 1.54) is 24.5 Å². The van der Waals surface area contributed by atoms with Crippen molar-refractivity contribution < 1.29 is 4.39 Å². The highest BCUT2D eigenvalue weighted by Crippen LogP contribution is 2.22. The molecule has 10 heavy (non-hydrogen) atoms. The molecule has 0 aliphatic heterocycles. The second-order valence-corrected chi connectivity index (χ2v) is 3.12. The summed E-state index contributed by atoms with van der Waals surface area (Å²) in [6, 6.07) is 0. The smallest absolute Gasteiger partial charge is 0.133 e. The van der Waals surface area contributed by atoms with Crippen LogP contribution in [0.15, 0.2) is 6.20 Å². The quantitative estimate of drug-likeness (QED) is 0.714. The summed E-state index contributed by atoms with van der Waals surface area (Å²) in [7, 11) is 0. The van der Waals surface area contributed by atoms with E-state index in [1.807, 2.05) is 0 Å². The molecule has 1 heterocycles. The Morgan fingerprint density at radius 1 is 1.90 bits per heavy atom. The molecular weight excluding hydrogens is 151 g/mol. The summed E-state index contributed by atoms with van der Waals surface area (Å²) in [5.41, 5.74) is 5.29. The number of nitrogens with two attached hydrogens (primary N) is 1. The van der Waals surface area contributed by atoms with Gasteiger partial charge < -0.3 is 5.73 Å². The zero-order valence-corrected chi connectivity index (χ0v) is 6.49. The molecule has 1 aromatic rings. The second-order valence-electron chi connectivity index (χ2n) is 1.98. The Balaban J connectivity index is 2.78. The lowest BCUT2D eigenvalue weighted by Gasteiger charge is -1.91. The minimum Gasteiger partial charge on any atom is -0.325 e. The Morgan fingerprint density at radius 2 is 2.60 bits per heavy atom. The predicted molar refractivity (Wildman–Crippen MR) is 39.5 cm³/mol. The van der Waals surface area contributed by atoms with Crippen molar-refractivity contribution in [2.45, 2.75) is 19.6 Å². The third kappa shape index (κ3) is 1.52. The number of thiazole rings is 1. The van der Waals surface area contributed by atoms with E-state index in [1.54, 1.807) is 0 Å². The molecule has 4 heteroatoms. The predicted octanol–water partition coefficient (Wildman–Crippen LogP) is 1.63.